The van der Waals surface area contributed by atoms with Gasteiger partial charge >= 0.3 is 11.8 Å². The van der Waals surface area contributed by atoms with Gasteiger partial charge in [0.05, 0.1) is 0 Å². The molecule has 0 saturated carbocycles. The van der Waals surface area contributed by atoms with E-state index >= 15 is 0 Å². The Morgan fingerprint density at radius 3 is 2.20 bits per heavy atom. The van der Waals surface area contributed by atoms with Crippen LogP contribution < -0.4 is 5.32 Å². The molecular formula is C16H22N2O2. The number of benzene rings is 1. The number of nitrogens with zero attached hydrogens (tertiary/aromatic N) is 1. The van der Waals surface area contributed by atoms with Crippen LogP contribution in [-0.4, -0.2) is 29.8 Å². The molecule has 0 radical (unpaired) electrons. The Labute approximate surface area is 120 Å². The van der Waals surface area contributed by atoms with E-state index in [0.29, 0.717) is 18.8 Å². The fourth-order valence-corrected chi connectivity index (χ4v) is 2.43. The van der Waals surface area contributed by atoms with Gasteiger partial charge in [-0.3, -0.25) is 9.59 Å². The molecule has 2 rings (SSSR count). The first-order chi connectivity index (χ1) is 9.70. The summed E-state index contributed by atoms with van der Waals surface area (Å²) in [7, 11) is 0. The van der Waals surface area contributed by atoms with E-state index in [1.165, 1.54) is 5.56 Å². The maximum atomic E-state index is 12.1. The van der Waals surface area contributed by atoms with Crippen molar-refractivity contribution in [1.82, 2.24) is 4.90 Å². The molecule has 1 aliphatic heterocycles. The molecule has 0 bridgehead atoms. The van der Waals surface area contributed by atoms with Gasteiger partial charge in [0.25, 0.3) is 0 Å². The van der Waals surface area contributed by atoms with E-state index in [1.54, 1.807) is 4.90 Å². The first-order valence-corrected chi connectivity index (χ1v) is 7.40. The van der Waals surface area contributed by atoms with Crippen LogP contribution in [0.3, 0.4) is 0 Å². The highest BCUT2D eigenvalue weighted by molar-refractivity contribution is 6.39. The number of hydrogen-bond donors (Lipinski definition) is 1. The topological polar surface area (TPSA) is 49.4 Å². The van der Waals surface area contributed by atoms with Crippen molar-refractivity contribution < 1.29 is 9.59 Å². The zero-order valence-corrected chi connectivity index (χ0v) is 12.0. The second kappa shape index (κ2) is 7.08. The van der Waals surface area contributed by atoms with Gasteiger partial charge in [0.2, 0.25) is 0 Å². The lowest BCUT2D eigenvalue weighted by atomic mass is 10.1. The van der Waals surface area contributed by atoms with Crippen LogP contribution in [0.5, 0.6) is 0 Å². The monoisotopic (exact) mass is 274 g/mol. The van der Waals surface area contributed by atoms with E-state index in [0.717, 1.165) is 32.1 Å². The molecule has 0 aromatic heterocycles. The van der Waals surface area contributed by atoms with Crippen LogP contribution in [0.2, 0.25) is 0 Å². The molecule has 0 spiro atoms. The lowest BCUT2D eigenvalue weighted by Crippen LogP contribution is -2.40. The van der Waals surface area contributed by atoms with Crippen molar-refractivity contribution in [2.24, 2.45) is 0 Å². The first-order valence-electron chi connectivity index (χ1n) is 7.40. The minimum absolute atomic E-state index is 0.411. The van der Waals surface area contributed by atoms with Crippen LogP contribution >= 0.6 is 0 Å². The smallest absolute Gasteiger partial charge is 0.313 e. The van der Waals surface area contributed by atoms with Gasteiger partial charge in [-0.05, 0) is 37.0 Å². The Hall–Kier alpha value is -1.84. The number of anilines is 1. The molecule has 4 nitrogen and oxygen atoms in total. The maximum Gasteiger partial charge on any atom is 0.313 e. The summed E-state index contributed by atoms with van der Waals surface area (Å²) in [6.45, 7) is 3.47. The van der Waals surface area contributed by atoms with E-state index in [2.05, 4.69) is 12.2 Å². The Balaban J connectivity index is 1.94. The van der Waals surface area contributed by atoms with Crippen molar-refractivity contribution >= 4 is 17.5 Å². The SMILES string of the molecule is CCc1ccc(NC(=O)C(=O)N2CCCCCC2)cc1. The van der Waals surface area contributed by atoms with E-state index in [-0.39, 0.29) is 0 Å². The van der Waals surface area contributed by atoms with Gasteiger partial charge in [-0.15, -0.1) is 0 Å². The quantitative estimate of drug-likeness (QED) is 0.843. The summed E-state index contributed by atoms with van der Waals surface area (Å²) in [5.41, 5.74) is 1.89. The molecule has 1 aliphatic rings. The number of rotatable bonds is 2. The standard InChI is InChI=1S/C16H22N2O2/c1-2-13-7-9-14(10-8-13)17-15(19)16(20)18-11-5-3-4-6-12-18/h7-10H,2-6,11-12H2,1H3,(H,17,19). The van der Waals surface area contributed by atoms with Crippen LogP contribution in [0.1, 0.15) is 38.2 Å². The zero-order chi connectivity index (χ0) is 14.4. The summed E-state index contributed by atoms with van der Waals surface area (Å²) in [6.07, 6.45) is 5.23. The zero-order valence-electron chi connectivity index (χ0n) is 12.0. The van der Waals surface area contributed by atoms with Crippen molar-refractivity contribution in [3.05, 3.63) is 29.8 Å². The largest absolute Gasteiger partial charge is 0.334 e. The fraction of sp³-hybridized carbons (Fsp3) is 0.500. The summed E-state index contributed by atoms with van der Waals surface area (Å²) in [5.74, 6) is -0.942. The highest BCUT2D eigenvalue weighted by Crippen LogP contribution is 2.12. The average molecular weight is 274 g/mol. The lowest BCUT2D eigenvalue weighted by Gasteiger charge is -2.19. The molecule has 1 aromatic carbocycles. The Morgan fingerprint density at radius 1 is 1.05 bits per heavy atom. The molecule has 1 N–H and O–H groups in total. The van der Waals surface area contributed by atoms with Crippen LogP contribution in [0.15, 0.2) is 24.3 Å². The Bertz CT molecular complexity index is 460. The predicted molar refractivity (Wildman–Crippen MR) is 79.5 cm³/mol. The maximum absolute atomic E-state index is 12.1. The van der Waals surface area contributed by atoms with Gasteiger partial charge in [-0.2, -0.15) is 0 Å². The van der Waals surface area contributed by atoms with E-state index in [1.807, 2.05) is 24.3 Å². The third-order valence-corrected chi connectivity index (χ3v) is 3.71. The normalized spacial score (nSPS) is 15.6. The number of likely N-dealkylation sites (tertiary alicyclic amines) is 1. The van der Waals surface area contributed by atoms with Crippen LogP contribution in [0.25, 0.3) is 0 Å². The Kier molecular flexibility index (Phi) is 5.16. The second-order valence-electron chi connectivity index (χ2n) is 5.21. The molecule has 0 aliphatic carbocycles. The number of hydrogen-bond acceptors (Lipinski definition) is 2. The van der Waals surface area contributed by atoms with Crippen LogP contribution in [0, 0.1) is 0 Å². The highest BCUT2D eigenvalue weighted by atomic mass is 16.2. The summed E-state index contributed by atoms with van der Waals surface area (Å²) >= 11 is 0. The molecule has 1 heterocycles. The number of aryl methyl sites for hydroxylation is 1. The molecule has 2 amide bonds. The van der Waals surface area contributed by atoms with Crippen LogP contribution in [0.4, 0.5) is 5.69 Å². The van der Waals surface area contributed by atoms with Gasteiger partial charge in [0.1, 0.15) is 0 Å². The molecule has 20 heavy (non-hydrogen) atoms. The number of amides is 2. The van der Waals surface area contributed by atoms with E-state index in [9.17, 15) is 9.59 Å². The van der Waals surface area contributed by atoms with E-state index in [4.69, 9.17) is 0 Å². The summed E-state index contributed by atoms with van der Waals surface area (Å²) in [5, 5.41) is 2.68. The molecule has 0 unspecified atom stereocenters. The molecule has 1 fully saturated rings. The lowest BCUT2D eigenvalue weighted by molar-refractivity contribution is -0.143. The van der Waals surface area contributed by atoms with Crippen molar-refractivity contribution in [3.8, 4) is 0 Å². The average Bonchev–Trinajstić information content (AvgIpc) is 2.76. The molecule has 1 saturated heterocycles. The van der Waals surface area contributed by atoms with Crippen LogP contribution in [-0.2, 0) is 16.0 Å². The second-order valence-corrected chi connectivity index (χ2v) is 5.21. The molecule has 0 atom stereocenters. The highest BCUT2D eigenvalue weighted by Gasteiger charge is 2.22. The van der Waals surface area contributed by atoms with Crippen molar-refractivity contribution in [2.45, 2.75) is 39.0 Å². The summed E-state index contributed by atoms with van der Waals surface area (Å²) in [4.78, 5) is 25.7. The van der Waals surface area contributed by atoms with Gasteiger partial charge in [-0.1, -0.05) is 31.9 Å². The minimum Gasteiger partial charge on any atom is -0.334 e. The molecule has 4 heteroatoms. The van der Waals surface area contributed by atoms with Crippen molar-refractivity contribution in [1.29, 1.82) is 0 Å². The van der Waals surface area contributed by atoms with Crippen molar-refractivity contribution in [2.75, 3.05) is 18.4 Å². The molecule has 1 aromatic rings. The first kappa shape index (κ1) is 14.6. The Morgan fingerprint density at radius 2 is 1.65 bits per heavy atom. The third-order valence-electron chi connectivity index (χ3n) is 3.71. The van der Waals surface area contributed by atoms with Gasteiger partial charge < -0.3 is 10.2 Å². The van der Waals surface area contributed by atoms with Crippen molar-refractivity contribution in [3.63, 3.8) is 0 Å². The van der Waals surface area contributed by atoms with Gasteiger partial charge in [0.15, 0.2) is 0 Å². The minimum atomic E-state index is -0.531. The van der Waals surface area contributed by atoms with E-state index < -0.39 is 11.8 Å². The number of carbonyl (C=O) groups excluding carboxylic acids is 2. The van der Waals surface area contributed by atoms with Gasteiger partial charge in [-0.25, -0.2) is 0 Å². The predicted octanol–water partition coefficient (Wildman–Crippen LogP) is 2.59. The fourth-order valence-electron chi connectivity index (χ4n) is 2.43. The molecular weight excluding hydrogens is 252 g/mol. The number of carbonyl (C=O) groups is 2. The summed E-state index contributed by atoms with van der Waals surface area (Å²) in [6, 6.07) is 7.61. The molecule has 108 valence electrons. The number of nitrogens with one attached hydrogen (secondary N) is 1. The third kappa shape index (κ3) is 3.83. The summed E-state index contributed by atoms with van der Waals surface area (Å²) < 4.78 is 0. The van der Waals surface area contributed by atoms with Gasteiger partial charge in [0, 0.05) is 18.8 Å².